The minimum atomic E-state index is -1.82. The Balaban J connectivity index is -0.000000125. The summed E-state index contributed by atoms with van der Waals surface area (Å²) in [5.74, 6) is -3.65. The fourth-order valence-electron chi connectivity index (χ4n) is 0. The van der Waals surface area contributed by atoms with Crippen molar-refractivity contribution in [3.05, 3.63) is 0 Å². The maximum atomic E-state index is 9.10. The number of carboxylic acids is 2. The average molecular weight is 271 g/mol. The third kappa shape index (κ3) is 9.49. The summed E-state index contributed by atoms with van der Waals surface area (Å²) >= 11 is 0. The van der Waals surface area contributed by atoms with Gasteiger partial charge in [-0.15, -0.1) is 0 Å². The third-order valence-corrected chi connectivity index (χ3v) is 0.183. The van der Waals surface area contributed by atoms with Crippen LogP contribution in [0, 0.1) is 38.2 Å². The van der Waals surface area contributed by atoms with E-state index in [-0.39, 0.29) is 43.6 Å². The first-order chi connectivity index (χ1) is 2.64. The molecule has 0 aromatic rings. The van der Waals surface area contributed by atoms with Crippen LogP contribution in [0.1, 0.15) is 0 Å². The summed E-state index contributed by atoms with van der Waals surface area (Å²) in [5, 5.41) is 14.8. The summed E-state index contributed by atoms with van der Waals surface area (Å²) in [6, 6.07) is 0. The fraction of sp³-hybridized carbons (Fsp3) is 0. The van der Waals surface area contributed by atoms with E-state index >= 15 is 0 Å². The van der Waals surface area contributed by atoms with Gasteiger partial charge in [0.2, 0.25) is 0 Å². The summed E-state index contributed by atoms with van der Waals surface area (Å²) < 4.78 is 0. The van der Waals surface area contributed by atoms with Gasteiger partial charge in [0, 0.05) is 38.2 Å². The van der Waals surface area contributed by atoms with E-state index in [1.54, 1.807) is 0 Å². The predicted molar refractivity (Wildman–Crippen MR) is 18.9 cm³/mol. The molecule has 0 atom stereocenters. The van der Waals surface area contributed by atoms with Crippen LogP contribution in [-0.4, -0.2) is 27.6 Å². The van der Waals surface area contributed by atoms with Crippen LogP contribution in [0.25, 0.3) is 0 Å². The Morgan fingerprint density at radius 1 is 1.00 bits per heavy atom. The number of hydrogen-bond donors (Lipinski definition) is 2. The Hall–Kier alpha value is 0.173. The molecule has 0 spiro atoms. The van der Waals surface area contributed by atoms with Crippen LogP contribution < -0.4 is 0 Å². The number of rotatable bonds is 0. The Kier molecular flexibility index (Phi) is 14.1. The van der Waals surface area contributed by atoms with Gasteiger partial charge >= 0.3 is 11.9 Å². The van der Waals surface area contributed by atoms with Gasteiger partial charge in [-0.05, 0) is 0 Å². The number of hydrogen-bond acceptors (Lipinski definition) is 2. The van der Waals surface area contributed by atoms with Gasteiger partial charge in [-0.25, -0.2) is 9.59 Å². The molecule has 0 aromatic heterocycles. The summed E-state index contributed by atoms with van der Waals surface area (Å²) in [6.07, 6.45) is 0. The smallest absolute Gasteiger partial charge is 0.414 e. The van der Waals surface area contributed by atoms with Crippen LogP contribution >= 0.6 is 0 Å². The monoisotopic (exact) mass is 272 g/mol. The van der Waals surface area contributed by atoms with Gasteiger partial charge in [0.25, 0.3) is 0 Å². The first-order valence-electron chi connectivity index (χ1n) is 1.11. The summed E-state index contributed by atoms with van der Waals surface area (Å²) in [5.41, 5.74) is 0. The molecule has 0 fully saturated rings. The minimum absolute atomic E-state index is 0. The van der Waals surface area contributed by atoms with E-state index in [9.17, 15) is 0 Å². The van der Waals surface area contributed by atoms with Crippen LogP contribution in [0.15, 0.2) is 0 Å². The topological polar surface area (TPSA) is 106 Å². The molecule has 0 saturated heterocycles. The van der Waals surface area contributed by atoms with Crippen molar-refractivity contribution in [1.29, 1.82) is 0 Å². The second-order valence-electron chi connectivity index (χ2n) is 0.610. The van der Waals surface area contributed by atoms with E-state index in [4.69, 9.17) is 19.8 Å². The first kappa shape index (κ1) is 15.7. The van der Waals surface area contributed by atoms with Crippen molar-refractivity contribution < 1.29 is 63.5 Å². The van der Waals surface area contributed by atoms with Crippen molar-refractivity contribution in [3.8, 4) is 0 Å². The second kappa shape index (κ2) is 7.17. The molecule has 6 heteroatoms. The van der Waals surface area contributed by atoms with Gasteiger partial charge in [0.15, 0.2) is 0 Å². The largest absolute Gasteiger partial charge is 0.473 e. The molecule has 0 bridgehead atoms. The third-order valence-electron chi connectivity index (χ3n) is 0.183. The summed E-state index contributed by atoms with van der Waals surface area (Å²) in [7, 11) is 0. The zero-order chi connectivity index (χ0) is 5.15. The van der Waals surface area contributed by atoms with Crippen molar-refractivity contribution >= 4 is 11.9 Å². The Labute approximate surface area is 75.0 Å². The van der Waals surface area contributed by atoms with Gasteiger partial charge in [-0.2, -0.15) is 0 Å². The maximum absolute atomic E-state index is 9.10. The first-order valence-corrected chi connectivity index (χ1v) is 1.11. The van der Waals surface area contributed by atoms with Gasteiger partial charge in [-0.3, -0.25) is 0 Å². The summed E-state index contributed by atoms with van der Waals surface area (Å²) in [6.45, 7) is 0. The molecule has 0 radical (unpaired) electrons. The Morgan fingerprint density at radius 3 is 1.12 bits per heavy atom. The van der Waals surface area contributed by atoms with Crippen LogP contribution in [0.5, 0.6) is 0 Å². The molecule has 0 aliphatic heterocycles. The van der Waals surface area contributed by atoms with Crippen LogP contribution in [0.3, 0.4) is 0 Å². The second-order valence-corrected chi connectivity index (χ2v) is 0.610. The van der Waals surface area contributed by atoms with E-state index in [2.05, 4.69) is 0 Å². The Bertz CT molecular complexity index is 76.4. The molecule has 0 rings (SSSR count). The Morgan fingerprint density at radius 2 is 1.12 bits per heavy atom. The molecule has 5 nitrogen and oxygen atoms in total. The molecule has 0 aromatic carbocycles. The van der Waals surface area contributed by atoms with Crippen molar-refractivity contribution in [2.24, 2.45) is 0 Å². The normalized spacial score (nSPS) is 5.50. The van der Waals surface area contributed by atoms with E-state index in [0.29, 0.717) is 0 Å². The predicted octanol–water partition coefficient (Wildman–Crippen LogP) is -1.67. The van der Waals surface area contributed by atoms with Crippen molar-refractivity contribution in [2.75, 3.05) is 0 Å². The molecular weight excluding hydrogens is 267 g/mol. The number of carboxylic acid groups (broad SMARTS) is 2. The zero-order valence-electron chi connectivity index (χ0n) is 3.53. The molecule has 0 saturated carbocycles. The average Bonchev–Trinajstić information content (AvgIpc) is 1.36. The van der Waals surface area contributed by atoms with E-state index in [1.165, 1.54) is 0 Å². The quantitative estimate of drug-likeness (QED) is 0.513. The molecule has 0 aliphatic rings. The minimum Gasteiger partial charge on any atom is -0.473 e. The van der Waals surface area contributed by atoms with Crippen molar-refractivity contribution in [1.82, 2.24) is 0 Å². The molecule has 0 unspecified atom stereocenters. The number of carbonyl (C=O) groups is 2. The van der Waals surface area contributed by atoms with E-state index < -0.39 is 11.9 Å². The van der Waals surface area contributed by atoms with Gasteiger partial charge in [0.1, 0.15) is 0 Å². The molecule has 0 aliphatic carbocycles. The molecule has 4 N–H and O–H groups in total. The van der Waals surface area contributed by atoms with E-state index in [1.807, 2.05) is 0 Å². The molecular formula is C2H4DyO5. The zero-order valence-corrected chi connectivity index (χ0v) is 5.56. The molecule has 0 heterocycles. The molecule has 52 valence electrons. The van der Waals surface area contributed by atoms with Gasteiger partial charge < -0.3 is 15.7 Å². The fourth-order valence-corrected chi connectivity index (χ4v) is 0. The summed E-state index contributed by atoms with van der Waals surface area (Å²) in [4.78, 5) is 18.2. The molecule has 0 amide bonds. The van der Waals surface area contributed by atoms with Gasteiger partial charge in [0.05, 0.1) is 0 Å². The van der Waals surface area contributed by atoms with Crippen LogP contribution in [0.2, 0.25) is 0 Å². The van der Waals surface area contributed by atoms with Crippen LogP contribution in [-0.2, 0) is 9.59 Å². The van der Waals surface area contributed by atoms with Crippen molar-refractivity contribution in [3.63, 3.8) is 0 Å². The SMILES string of the molecule is O.O=C(O)C(=O)O.[Dy]. The maximum Gasteiger partial charge on any atom is 0.414 e. The van der Waals surface area contributed by atoms with Crippen LogP contribution in [0.4, 0.5) is 0 Å². The van der Waals surface area contributed by atoms with Gasteiger partial charge in [-0.1, -0.05) is 0 Å². The number of aliphatic carboxylic acids is 2. The van der Waals surface area contributed by atoms with Crippen molar-refractivity contribution in [2.45, 2.75) is 0 Å². The standard InChI is InChI=1S/C2H2O4.Dy.H2O/c3-1(4)2(5)6;;/h(H,3,4)(H,5,6);;1H2. The molecule has 8 heavy (non-hydrogen) atoms. The van der Waals surface area contributed by atoms with E-state index in [0.717, 1.165) is 0 Å².